The Morgan fingerprint density at radius 1 is 0.667 bits per heavy atom. The van der Waals surface area contributed by atoms with E-state index in [4.69, 9.17) is 34.8 Å². The summed E-state index contributed by atoms with van der Waals surface area (Å²) >= 11 is 16.7. The Kier molecular flexibility index (Phi) is 10.7. The maximum absolute atomic E-state index is 5.76. The van der Waals surface area contributed by atoms with Crippen LogP contribution in [-0.2, 0) is 0 Å². The summed E-state index contributed by atoms with van der Waals surface area (Å²) in [6.07, 6.45) is 3.20. The molecule has 2 aromatic heterocycles. The molecule has 148 valence electrons. The number of hydrogen-bond acceptors (Lipinski definition) is 6. The third-order valence-corrected chi connectivity index (χ3v) is 4.47. The van der Waals surface area contributed by atoms with Crippen LogP contribution in [0.4, 0.5) is 5.82 Å². The largest absolute Gasteiger partial charge is 0.354 e. The molecule has 27 heavy (non-hydrogen) atoms. The highest BCUT2D eigenvalue weighted by Gasteiger charge is 2.10. The summed E-state index contributed by atoms with van der Waals surface area (Å²) in [5.41, 5.74) is 0. The molecule has 0 aromatic carbocycles. The minimum absolute atomic E-state index is 0.467. The van der Waals surface area contributed by atoms with E-state index in [1.165, 1.54) is 6.20 Å². The molecule has 3 N–H and O–H groups in total. The Bertz CT molecular complexity index is 596. The topological polar surface area (TPSA) is 65.1 Å². The van der Waals surface area contributed by atoms with Crippen LogP contribution in [0.5, 0.6) is 0 Å². The predicted octanol–water partition coefficient (Wildman–Crippen LogP) is 2.71. The van der Waals surface area contributed by atoms with Crippen molar-refractivity contribution in [3.63, 3.8) is 0 Å². The van der Waals surface area contributed by atoms with Crippen molar-refractivity contribution < 1.29 is 0 Å². The molecular formula is C18H25Cl3N6. The minimum atomic E-state index is 0.467. The maximum Gasteiger partial charge on any atom is 0.129 e. The number of aromatic nitrogens is 2. The van der Waals surface area contributed by atoms with E-state index < -0.39 is 0 Å². The lowest BCUT2D eigenvalue weighted by atomic mass is 10.3. The van der Waals surface area contributed by atoms with Gasteiger partial charge in [0.15, 0.2) is 0 Å². The second kappa shape index (κ2) is 13.1. The molecule has 0 atom stereocenters. The van der Waals surface area contributed by atoms with Gasteiger partial charge in [0, 0.05) is 64.8 Å². The van der Waals surface area contributed by atoms with E-state index in [1.807, 2.05) is 12.1 Å². The van der Waals surface area contributed by atoms with Crippen LogP contribution in [0.25, 0.3) is 0 Å². The Hall–Kier alpha value is -1.15. The van der Waals surface area contributed by atoms with Gasteiger partial charge in [-0.15, -0.1) is 0 Å². The molecule has 0 bridgehead atoms. The summed E-state index contributed by atoms with van der Waals surface area (Å²) in [6.45, 7) is 8.66. The van der Waals surface area contributed by atoms with E-state index in [1.54, 1.807) is 18.3 Å². The van der Waals surface area contributed by atoms with Crippen molar-refractivity contribution >= 4 is 40.6 Å². The highest BCUT2D eigenvalue weighted by molar-refractivity contribution is 6.32. The SMILES string of the molecule is C1CNCCN1.Clc1ccc(Cl)nc1.Clc1ccc(N2CCNCC2)nc1. The van der Waals surface area contributed by atoms with Crippen molar-refractivity contribution in [2.45, 2.75) is 0 Å². The molecule has 4 heterocycles. The molecule has 0 amide bonds. The van der Waals surface area contributed by atoms with Crippen molar-refractivity contribution in [1.29, 1.82) is 0 Å². The van der Waals surface area contributed by atoms with Crippen molar-refractivity contribution in [3.8, 4) is 0 Å². The second-order valence-electron chi connectivity index (χ2n) is 5.87. The lowest BCUT2D eigenvalue weighted by Crippen LogP contribution is -2.43. The average Bonchev–Trinajstić information content (AvgIpc) is 2.74. The van der Waals surface area contributed by atoms with Gasteiger partial charge in [0.25, 0.3) is 0 Å². The Morgan fingerprint density at radius 2 is 1.19 bits per heavy atom. The number of hydrogen-bond donors (Lipinski definition) is 3. The van der Waals surface area contributed by atoms with Crippen LogP contribution in [-0.4, -0.2) is 62.3 Å². The maximum atomic E-state index is 5.76. The standard InChI is InChI=1S/C9H12ClN3.C5H3Cl2N.C4H10N2/c10-8-1-2-9(12-7-8)13-5-3-11-4-6-13;6-4-1-2-5(7)8-3-4;1-2-6-4-3-5-1/h1-2,7,11H,3-6H2;1-3H;5-6H,1-4H2. The van der Waals surface area contributed by atoms with Crippen LogP contribution < -0.4 is 20.9 Å². The number of nitrogens with one attached hydrogen (secondary N) is 3. The Morgan fingerprint density at radius 3 is 1.59 bits per heavy atom. The molecular weight excluding hydrogens is 407 g/mol. The Balaban J connectivity index is 0.000000159. The van der Waals surface area contributed by atoms with Crippen molar-refractivity contribution in [2.75, 3.05) is 57.3 Å². The number of piperazine rings is 2. The van der Waals surface area contributed by atoms with Gasteiger partial charge in [0.2, 0.25) is 0 Å². The van der Waals surface area contributed by atoms with Gasteiger partial charge in [-0.2, -0.15) is 0 Å². The number of halogens is 3. The monoisotopic (exact) mass is 430 g/mol. The first-order valence-electron chi connectivity index (χ1n) is 8.91. The van der Waals surface area contributed by atoms with Gasteiger partial charge >= 0.3 is 0 Å². The van der Waals surface area contributed by atoms with Crippen LogP contribution in [0, 0.1) is 0 Å². The molecule has 0 spiro atoms. The molecule has 0 aliphatic carbocycles. The first-order valence-corrected chi connectivity index (χ1v) is 10.0. The third-order valence-electron chi connectivity index (χ3n) is 3.80. The summed E-state index contributed by atoms with van der Waals surface area (Å²) in [5.74, 6) is 1.02. The fourth-order valence-corrected chi connectivity index (χ4v) is 2.75. The van der Waals surface area contributed by atoms with E-state index in [0.717, 1.165) is 58.2 Å². The summed E-state index contributed by atoms with van der Waals surface area (Å²) < 4.78 is 0. The van der Waals surface area contributed by atoms with Crippen LogP contribution in [0.2, 0.25) is 15.2 Å². The van der Waals surface area contributed by atoms with Crippen molar-refractivity contribution in [2.24, 2.45) is 0 Å². The highest BCUT2D eigenvalue weighted by Crippen LogP contribution is 2.14. The molecule has 2 aliphatic heterocycles. The highest BCUT2D eigenvalue weighted by atomic mass is 35.5. The molecule has 0 radical (unpaired) electrons. The molecule has 0 saturated carbocycles. The van der Waals surface area contributed by atoms with Gasteiger partial charge in [-0.25, -0.2) is 9.97 Å². The zero-order chi connectivity index (χ0) is 19.3. The second-order valence-corrected chi connectivity index (χ2v) is 7.13. The van der Waals surface area contributed by atoms with Crippen LogP contribution in [0.15, 0.2) is 36.7 Å². The fraction of sp³-hybridized carbons (Fsp3) is 0.444. The first-order chi connectivity index (χ1) is 13.1. The lowest BCUT2D eigenvalue weighted by molar-refractivity contribution is 0.534. The number of rotatable bonds is 1. The minimum Gasteiger partial charge on any atom is -0.354 e. The van der Waals surface area contributed by atoms with E-state index in [-0.39, 0.29) is 0 Å². The molecule has 2 aromatic rings. The van der Waals surface area contributed by atoms with E-state index in [2.05, 4.69) is 30.8 Å². The van der Waals surface area contributed by atoms with E-state index >= 15 is 0 Å². The van der Waals surface area contributed by atoms with E-state index in [0.29, 0.717) is 15.2 Å². The van der Waals surface area contributed by atoms with Gasteiger partial charge in [-0.1, -0.05) is 34.8 Å². The molecule has 2 aliphatic rings. The summed E-state index contributed by atoms with van der Waals surface area (Å²) in [4.78, 5) is 10.2. The number of nitrogens with zero attached hydrogens (tertiary/aromatic N) is 3. The summed E-state index contributed by atoms with van der Waals surface area (Å²) in [5, 5.41) is 11.5. The van der Waals surface area contributed by atoms with Crippen molar-refractivity contribution in [3.05, 3.63) is 51.9 Å². The van der Waals surface area contributed by atoms with Crippen molar-refractivity contribution in [1.82, 2.24) is 25.9 Å². The zero-order valence-corrected chi connectivity index (χ0v) is 17.4. The molecule has 9 heteroatoms. The smallest absolute Gasteiger partial charge is 0.129 e. The molecule has 6 nitrogen and oxygen atoms in total. The normalized spacial score (nSPS) is 16.5. The van der Waals surface area contributed by atoms with E-state index in [9.17, 15) is 0 Å². The molecule has 2 fully saturated rings. The van der Waals surface area contributed by atoms with Crippen LogP contribution in [0.1, 0.15) is 0 Å². The van der Waals surface area contributed by atoms with Gasteiger partial charge in [0.05, 0.1) is 10.0 Å². The van der Waals surface area contributed by atoms with Crippen LogP contribution >= 0.6 is 34.8 Å². The first kappa shape index (κ1) is 22.1. The molecule has 2 saturated heterocycles. The average molecular weight is 432 g/mol. The lowest BCUT2D eigenvalue weighted by Gasteiger charge is -2.28. The summed E-state index contributed by atoms with van der Waals surface area (Å²) in [7, 11) is 0. The quantitative estimate of drug-likeness (QED) is 0.603. The summed E-state index contributed by atoms with van der Waals surface area (Å²) in [6, 6.07) is 7.18. The third kappa shape index (κ3) is 9.55. The fourth-order valence-electron chi connectivity index (χ4n) is 2.41. The van der Waals surface area contributed by atoms with Crippen LogP contribution in [0.3, 0.4) is 0 Å². The van der Waals surface area contributed by atoms with Gasteiger partial charge < -0.3 is 20.9 Å². The van der Waals surface area contributed by atoms with Gasteiger partial charge in [0.1, 0.15) is 11.0 Å². The predicted molar refractivity (Wildman–Crippen MR) is 114 cm³/mol. The number of anilines is 1. The molecule has 4 rings (SSSR count). The molecule has 0 unspecified atom stereocenters. The van der Waals surface area contributed by atoms with Gasteiger partial charge in [-0.05, 0) is 24.3 Å². The number of pyridine rings is 2. The zero-order valence-electron chi connectivity index (χ0n) is 15.1. The van der Waals surface area contributed by atoms with Gasteiger partial charge in [-0.3, -0.25) is 0 Å². The Labute approximate surface area is 175 Å².